The Morgan fingerprint density at radius 1 is 1.45 bits per heavy atom. The molecule has 2 amide bonds. The number of hydrogen-bond donors (Lipinski definition) is 2. The maximum Gasteiger partial charge on any atom is 0.249 e. The molecule has 1 heterocycles. The third-order valence-corrected chi connectivity index (χ3v) is 3.89. The molecule has 1 aromatic rings. The van der Waals surface area contributed by atoms with E-state index in [4.69, 9.17) is 28.9 Å². The lowest BCUT2D eigenvalue weighted by Gasteiger charge is -2.18. The van der Waals surface area contributed by atoms with Crippen molar-refractivity contribution in [1.29, 1.82) is 0 Å². The van der Waals surface area contributed by atoms with E-state index in [1.54, 1.807) is 30.0 Å². The number of benzene rings is 1. The first-order valence-electron chi connectivity index (χ1n) is 6.22. The van der Waals surface area contributed by atoms with Crippen LogP contribution < -0.4 is 16.0 Å². The molecular formula is C13H15Cl2N3O2. The zero-order valence-corrected chi connectivity index (χ0v) is 12.4. The Balaban J connectivity index is 2.11. The van der Waals surface area contributed by atoms with Crippen LogP contribution in [0, 0.1) is 0 Å². The van der Waals surface area contributed by atoms with Crippen molar-refractivity contribution in [1.82, 2.24) is 5.32 Å². The summed E-state index contributed by atoms with van der Waals surface area (Å²) in [4.78, 5) is 25.4. The number of anilines is 1. The largest absolute Gasteiger partial charge is 0.343 e. The van der Waals surface area contributed by atoms with Crippen LogP contribution in [0.1, 0.15) is 13.3 Å². The highest BCUT2D eigenvalue weighted by Crippen LogP contribution is 2.29. The second-order valence-electron chi connectivity index (χ2n) is 4.73. The van der Waals surface area contributed by atoms with Crippen molar-refractivity contribution >= 4 is 40.7 Å². The van der Waals surface area contributed by atoms with Crippen LogP contribution >= 0.6 is 23.2 Å². The summed E-state index contributed by atoms with van der Waals surface area (Å²) in [5.41, 5.74) is 6.14. The number of carbonyl (C=O) groups is 2. The number of rotatable bonds is 3. The highest BCUT2D eigenvalue weighted by Gasteiger charge is 2.34. The smallest absolute Gasteiger partial charge is 0.249 e. The molecule has 3 N–H and O–H groups in total. The predicted octanol–water partition coefficient (Wildman–Crippen LogP) is 1.56. The Morgan fingerprint density at radius 3 is 2.75 bits per heavy atom. The highest BCUT2D eigenvalue weighted by atomic mass is 35.5. The summed E-state index contributed by atoms with van der Waals surface area (Å²) in [7, 11) is 0. The Morgan fingerprint density at radius 2 is 2.15 bits per heavy atom. The Labute approximate surface area is 127 Å². The third kappa shape index (κ3) is 3.06. The molecule has 0 aliphatic carbocycles. The van der Waals surface area contributed by atoms with E-state index >= 15 is 0 Å². The average molecular weight is 316 g/mol. The van der Waals surface area contributed by atoms with Gasteiger partial charge in [-0.15, -0.1) is 0 Å². The highest BCUT2D eigenvalue weighted by molar-refractivity contribution is 6.42. The molecule has 1 unspecified atom stereocenters. The van der Waals surface area contributed by atoms with Gasteiger partial charge in [0.15, 0.2) is 0 Å². The molecule has 1 fully saturated rings. The maximum atomic E-state index is 12.3. The van der Waals surface area contributed by atoms with E-state index in [-0.39, 0.29) is 11.8 Å². The zero-order chi connectivity index (χ0) is 14.9. The molecule has 108 valence electrons. The monoisotopic (exact) mass is 315 g/mol. The average Bonchev–Trinajstić information content (AvgIpc) is 2.74. The molecule has 5 nitrogen and oxygen atoms in total. The van der Waals surface area contributed by atoms with E-state index < -0.39 is 12.1 Å². The van der Waals surface area contributed by atoms with Crippen molar-refractivity contribution in [3.63, 3.8) is 0 Å². The van der Waals surface area contributed by atoms with E-state index in [1.807, 2.05) is 0 Å². The van der Waals surface area contributed by atoms with Gasteiger partial charge in [0, 0.05) is 12.2 Å². The van der Waals surface area contributed by atoms with Crippen LogP contribution in [0.2, 0.25) is 10.0 Å². The van der Waals surface area contributed by atoms with Crippen molar-refractivity contribution in [2.24, 2.45) is 5.73 Å². The van der Waals surface area contributed by atoms with E-state index in [9.17, 15) is 9.59 Å². The second-order valence-corrected chi connectivity index (χ2v) is 5.54. The summed E-state index contributed by atoms with van der Waals surface area (Å²) < 4.78 is 0. The van der Waals surface area contributed by atoms with Gasteiger partial charge in [-0.1, -0.05) is 23.2 Å². The molecule has 1 aliphatic rings. The van der Waals surface area contributed by atoms with Gasteiger partial charge in [-0.2, -0.15) is 0 Å². The van der Waals surface area contributed by atoms with E-state index in [2.05, 4.69) is 5.32 Å². The van der Waals surface area contributed by atoms with Gasteiger partial charge in [0.05, 0.1) is 16.1 Å². The summed E-state index contributed by atoms with van der Waals surface area (Å²) in [6, 6.07) is 3.82. The Hall–Kier alpha value is -1.30. The number of halogens is 2. The minimum Gasteiger partial charge on any atom is -0.343 e. The van der Waals surface area contributed by atoms with E-state index in [0.717, 1.165) is 0 Å². The lowest BCUT2D eigenvalue weighted by molar-refractivity contribution is -0.127. The topological polar surface area (TPSA) is 75.4 Å². The second kappa shape index (κ2) is 5.99. The van der Waals surface area contributed by atoms with Crippen molar-refractivity contribution < 1.29 is 9.59 Å². The maximum absolute atomic E-state index is 12.3. The fourth-order valence-electron chi connectivity index (χ4n) is 2.03. The normalized spacial score (nSPS) is 20.1. The van der Waals surface area contributed by atoms with Gasteiger partial charge >= 0.3 is 0 Å². The van der Waals surface area contributed by atoms with Crippen molar-refractivity contribution in [2.75, 3.05) is 11.4 Å². The van der Waals surface area contributed by atoms with Crippen molar-refractivity contribution in [2.45, 2.75) is 25.4 Å². The first-order chi connectivity index (χ1) is 9.40. The SMILES string of the molecule is C[C@@H](N)C(=O)NC1CCN(c2ccc(Cl)c(Cl)c2)C1=O. The molecule has 0 aromatic heterocycles. The fourth-order valence-corrected chi connectivity index (χ4v) is 2.32. The lowest BCUT2D eigenvalue weighted by Crippen LogP contribution is -2.47. The van der Waals surface area contributed by atoms with Crippen molar-refractivity contribution in [3.8, 4) is 0 Å². The number of carbonyl (C=O) groups excluding carboxylic acids is 2. The number of nitrogens with zero attached hydrogens (tertiary/aromatic N) is 1. The fraction of sp³-hybridized carbons (Fsp3) is 0.385. The molecule has 1 aromatic carbocycles. The summed E-state index contributed by atoms with van der Waals surface area (Å²) in [6.45, 7) is 2.09. The molecule has 2 rings (SSSR count). The first-order valence-corrected chi connectivity index (χ1v) is 6.98. The van der Waals surface area contributed by atoms with Crippen LogP contribution in [0.15, 0.2) is 18.2 Å². The summed E-state index contributed by atoms with van der Waals surface area (Å²) in [6.07, 6.45) is 0.539. The number of hydrogen-bond acceptors (Lipinski definition) is 3. The minimum absolute atomic E-state index is 0.169. The molecule has 1 saturated heterocycles. The van der Waals surface area contributed by atoms with Gasteiger partial charge in [-0.05, 0) is 31.5 Å². The molecule has 0 spiro atoms. The summed E-state index contributed by atoms with van der Waals surface area (Å²) >= 11 is 11.8. The summed E-state index contributed by atoms with van der Waals surface area (Å²) in [5, 5.41) is 3.46. The molecule has 7 heteroatoms. The zero-order valence-electron chi connectivity index (χ0n) is 10.9. The molecule has 2 atom stereocenters. The molecule has 0 radical (unpaired) electrons. The van der Waals surface area contributed by atoms with Gasteiger partial charge in [-0.25, -0.2) is 0 Å². The third-order valence-electron chi connectivity index (χ3n) is 3.15. The van der Waals surface area contributed by atoms with Gasteiger partial charge < -0.3 is 16.0 Å². The lowest BCUT2D eigenvalue weighted by atomic mass is 10.2. The van der Waals surface area contributed by atoms with E-state index in [0.29, 0.717) is 28.7 Å². The van der Waals surface area contributed by atoms with Crippen LogP contribution in [0.5, 0.6) is 0 Å². The quantitative estimate of drug-likeness (QED) is 0.888. The molecule has 0 saturated carbocycles. The number of nitrogens with one attached hydrogen (secondary N) is 1. The molecule has 0 bridgehead atoms. The van der Waals surface area contributed by atoms with E-state index in [1.165, 1.54) is 0 Å². The standard InChI is InChI=1S/C13H15Cl2N3O2/c1-7(16)12(19)17-11-4-5-18(13(11)20)8-2-3-9(14)10(15)6-8/h2-3,6-7,11H,4-5,16H2,1H3,(H,17,19)/t7-,11?/m1/s1. The molecule has 1 aliphatic heterocycles. The number of amides is 2. The van der Waals surface area contributed by atoms with Crippen LogP contribution in [-0.4, -0.2) is 30.4 Å². The number of nitrogens with two attached hydrogens (primary N) is 1. The summed E-state index contributed by atoms with van der Waals surface area (Å²) in [5.74, 6) is -0.503. The Kier molecular flexibility index (Phi) is 4.52. The van der Waals surface area contributed by atoms with Crippen LogP contribution in [0.3, 0.4) is 0 Å². The van der Waals surface area contributed by atoms with Crippen LogP contribution in [0.4, 0.5) is 5.69 Å². The van der Waals surface area contributed by atoms with Gasteiger partial charge in [0.25, 0.3) is 0 Å². The van der Waals surface area contributed by atoms with Gasteiger partial charge in [0.2, 0.25) is 11.8 Å². The minimum atomic E-state index is -0.637. The van der Waals surface area contributed by atoms with Crippen molar-refractivity contribution in [3.05, 3.63) is 28.2 Å². The van der Waals surface area contributed by atoms with Gasteiger partial charge in [0.1, 0.15) is 6.04 Å². The molecule has 20 heavy (non-hydrogen) atoms. The van der Waals surface area contributed by atoms with Crippen LogP contribution in [0.25, 0.3) is 0 Å². The molecular weight excluding hydrogens is 301 g/mol. The Bertz CT molecular complexity index is 548. The van der Waals surface area contributed by atoms with Crippen LogP contribution in [-0.2, 0) is 9.59 Å². The first kappa shape index (κ1) is 15.1. The van der Waals surface area contributed by atoms with Gasteiger partial charge in [-0.3, -0.25) is 9.59 Å². The predicted molar refractivity (Wildman–Crippen MR) is 79.0 cm³/mol.